The number of carbonyl (C=O) groups is 1. The molecule has 0 bridgehead atoms. The van der Waals surface area contributed by atoms with E-state index in [0.29, 0.717) is 30.1 Å². The topological polar surface area (TPSA) is 44.8 Å². The summed E-state index contributed by atoms with van der Waals surface area (Å²) in [5.74, 6) is -0.493. The Morgan fingerprint density at radius 2 is 1.31 bits per heavy atom. The van der Waals surface area contributed by atoms with Crippen molar-refractivity contribution < 1.29 is 27.8 Å². The van der Waals surface area contributed by atoms with Gasteiger partial charge in [0.2, 0.25) is 6.43 Å². The fraction of sp³-hybridized carbons (Fsp3) is 0.567. The molecule has 200 valence electrons. The molecule has 0 amide bonds. The molecular weight excluding hydrogens is 462 g/mol. The number of rotatable bonds is 19. The standard InChI is InChI=1S/C30H42F2O4/c1-3-5-7-8-9-10-11-12-22-35-26-17-15-25(16-18-26)30(33)36-27-19-13-24(14-20-27)28(29(31)32)23-34-21-6-4-2/h13-20,28-29H,3-12,21-23H2,1-2H3/t28-/m1/s1. The van der Waals surface area contributed by atoms with Crippen molar-refractivity contribution in [2.75, 3.05) is 19.8 Å². The Balaban J connectivity index is 1.75. The third kappa shape index (κ3) is 11.5. The predicted molar refractivity (Wildman–Crippen MR) is 140 cm³/mol. The van der Waals surface area contributed by atoms with Crippen LogP contribution in [-0.2, 0) is 4.74 Å². The summed E-state index contributed by atoms with van der Waals surface area (Å²) in [5, 5.41) is 0. The number of ether oxygens (including phenoxy) is 3. The number of halogens is 2. The first-order valence-corrected chi connectivity index (χ1v) is 13.5. The van der Waals surface area contributed by atoms with Crippen LogP contribution in [0.2, 0.25) is 0 Å². The van der Waals surface area contributed by atoms with Gasteiger partial charge in [-0.15, -0.1) is 0 Å². The van der Waals surface area contributed by atoms with Gasteiger partial charge in [0, 0.05) is 6.61 Å². The van der Waals surface area contributed by atoms with E-state index in [-0.39, 0.29) is 6.61 Å². The molecule has 1 atom stereocenters. The zero-order chi connectivity index (χ0) is 26.0. The molecular formula is C30H42F2O4. The molecule has 0 fully saturated rings. The molecule has 0 saturated heterocycles. The third-order valence-electron chi connectivity index (χ3n) is 6.12. The third-order valence-corrected chi connectivity index (χ3v) is 6.12. The smallest absolute Gasteiger partial charge is 0.343 e. The Labute approximate surface area is 215 Å². The van der Waals surface area contributed by atoms with Crippen LogP contribution in [0.5, 0.6) is 11.5 Å². The van der Waals surface area contributed by atoms with E-state index in [1.54, 1.807) is 36.4 Å². The fourth-order valence-electron chi connectivity index (χ4n) is 3.83. The van der Waals surface area contributed by atoms with Gasteiger partial charge < -0.3 is 14.2 Å². The summed E-state index contributed by atoms with van der Waals surface area (Å²) in [6, 6.07) is 13.0. The molecule has 6 heteroatoms. The average Bonchev–Trinajstić information content (AvgIpc) is 2.88. The lowest BCUT2D eigenvalue weighted by Gasteiger charge is -2.17. The lowest BCUT2D eigenvalue weighted by Crippen LogP contribution is -2.16. The van der Waals surface area contributed by atoms with Crippen molar-refractivity contribution in [3.05, 3.63) is 59.7 Å². The van der Waals surface area contributed by atoms with Gasteiger partial charge in [-0.3, -0.25) is 0 Å². The van der Waals surface area contributed by atoms with Crippen LogP contribution in [0.3, 0.4) is 0 Å². The van der Waals surface area contributed by atoms with E-state index in [4.69, 9.17) is 14.2 Å². The second kappa shape index (κ2) is 17.9. The van der Waals surface area contributed by atoms with Crippen LogP contribution >= 0.6 is 0 Å². The first-order valence-electron chi connectivity index (χ1n) is 13.5. The maximum Gasteiger partial charge on any atom is 0.343 e. The Morgan fingerprint density at radius 1 is 0.722 bits per heavy atom. The molecule has 2 aromatic carbocycles. The highest BCUT2D eigenvalue weighted by Crippen LogP contribution is 2.26. The molecule has 0 aromatic heterocycles. The highest BCUT2D eigenvalue weighted by Gasteiger charge is 2.23. The molecule has 0 unspecified atom stereocenters. The summed E-state index contributed by atoms with van der Waals surface area (Å²) in [6.07, 6.45) is 9.24. The summed E-state index contributed by atoms with van der Waals surface area (Å²) in [4.78, 5) is 12.5. The Hall–Kier alpha value is -2.47. The number of hydrogen-bond donors (Lipinski definition) is 0. The maximum absolute atomic E-state index is 13.5. The summed E-state index contributed by atoms with van der Waals surface area (Å²) in [6.45, 7) is 5.35. The minimum atomic E-state index is -2.53. The van der Waals surface area contributed by atoms with Gasteiger partial charge in [-0.2, -0.15) is 0 Å². The van der Waals surface area contributed by atoms with Gasteiger partial charge >= 0.3 is 5.97 Å². The van der Waals surface area contributed by atoms with Gasteiger partial charge in [-0.05, 0) is 54.8 Å². The lowest BCUT2D eigenvalue weighted by atomic mass is 10.0. The van der Waals surface area contributed by atoms with Crippen LogP contribution < -0.4 is 9.47 Å². The molecule has 4 nitrogen and oxygen atoms in total. The molecule has 0 aliphatic carbocycles. The minimum Gasteiger partial charge on any atom is -0.494 e. The number of esters is 1. The SMILES string of the molecule is CCCCCCCCCCOc1ccc(C(=O)Oc2ccc([C@@H](COCCCC)C(F)F)cc2)cc1. The molecule has 0 spiro atoms. The number of unbranched alkanes of at least 4 members (excludes halogenated alkanes) is 8. The highest BCUT2D eigenvalue weighted by atomic mass is 19.3. The van der Waals surface area contributed by atoms with Crippen LogP contribution in [0.15, 0.2) is 48.5 Å². The number of hydrogen-bond acceptors (Lipinski definition) is 4. The van der Waals surface area contributed by atoms with Crippen LogP contribution in [-0.4, -0.2) is 32.2 Å². The van der Waals surface area contributed by atoms with Crippen LogP contribution in [0, 0.1) is 0 Å². The molecule has 2 aromatic rings. The quantitative estimate of drug-likeness (QED) is 0.109. The average molecular weight is 505 g/mol. The van der Waals surface area contributed by atoms with Crippen molar-refractivity contribution >= 4 is 5.97 Å². The summed E-state index contributed by atoms with van der Waals surface area (Å²) in [7, 11) is 0. The first kappa shape index (κ1) is 29.8. The maximum atomic E-state index is 13.5. The number of carbonyl (C=O) groups excluding carboxylic acids is 1. The van der Waals surface area contributed by atoms with E-state index in [9.17, 15) is 13.6 Å². The van der Waals surface area contributed by atoms with Gasteiger partial charge in [0.15, 0.2) is 0 Å². The van der Waals surface area contributed by atoms with E-state index in [2.05, 4.69) is 6.92 Å². The van der Waals surface area contributed by atoms with E-state index in [0.717, 1.165) is 25.0 Å². The second-order valence-electron chi connectivity index (χ2n) is 9.18. The van der Waals surface area contributed by atoms with Crippen molar-refractivity contribution in [3.63, 3.8) is 0 Å². The minimum absolute atomic E-state index is 0.0374. The van der Waals surface area contributed by atoms with Crippen molar-refractivity contribution in [3.8, 4) is 11.5 Å². The van der Waals surface area contributed by atoms with Crippen LogP contribution in [0.4, 0.5) is 8.78 Å². The van der Waals surface area contributed by atoms with Crippen molar-refractivity contribution in [2.24, 2.45) is 0 Å². The largest absolute Gasteiger partial charge is 0.494 e. The van der Waals surface area contributed by atoms with E-state index >= 15 is 0 Å². The van der Waals surface area contributed by atoms with E-state index in [1.807, 2.05) is 6.92 Å². The van der Waals surface area contributed by atoms with Gasteiger partial charge in [0.1, 0.15) is 11.5 Å². The summed E-state index contributed by atoms with van der Waals surface area (Å²) in [5.41, 5.74) is 0.854. The number of alkyl halides is 2. The van der Waals surface area contributed by atoms with Crippen molar-refractivity contribution in [1.82, 2.24) is 0 Å². The predicted octanol–water partition coefficient (Wildman–Crippen LogP) is 8.59. The molecule has 36 heavy (non-hydrogen) atoms. The van der Waals surface area contributed by atoms with Gasteiger partial charge in [-0.25, -0.2) is 13.6 Å². The Morgan fingerprint density at radius 3 is 1.92 bits per heavy atom. The van der Waals surface area contributed by atoms with Crippen molar-refractivity contribution in [1.29, 1.82) is 0 Å². The molecule has 0 radical (unpaired) electrons. The zero-order valence-corrected chi connectivity index (χ0v) is 21.9. The fourth-order valence-corrected chi connectivity index (χ4v) is 3.83. The molecule has 2 rings (SSSR count). The van der Waals surface area contributed by atoms with E-state index in [1.165, 1.54) is 57.1 Å². The van der Waals surface area contributed by atoms with Gasteiger partial charge in [0.25, 0.3) is 0 Å². The number of benzene rings is 2. The van der Waals surface area contributed by atoms with Crippen LogP contribution in [0.25, 0.3) is 0 Å². The zero-order valence-electron chi connectivity index (χ0n) is 21.9. The molecule has 0 aliphatic rings. The molecule has 0 saturated carbocycles. The molecule has 0 heterocycles. The Bertz CT molecular complexity index is 837. The lowest BCUT2D eigenvalue weighted by molar-refractivity contribution is 0.0425. The normalized spacial score (nSPS) is 12.0. The summed E-state index contributed by atoms with van der Waals surface area (Å²) < 4.78 is 43.5. The molecule has 0 aliphatic heterocycles. The van der Waals surface area contributed by atoms with Gasteiger partial charge in [-0.1, -0.05) is 77.3 Å². The van der Waals surface area contributed by atoms with Crippen LogP contribution in [0.1, 0.15) is 99.9 Å². The monoisotopic (exact) mass is 504 g/mol. The molecule has 0 N–H and O–H groups in total. The first-order chi connectivity index (χ1) is 17.5. The van der Waals surface area contributed by atoms with Crippen molar-refractivity contribution in [2.45, 2.75) is 90.4 Å². The second-order valence-corrected chi connectivity index (χ2v) is 9.18. The summed E-state index contributed by atoms with van der Waals surface area (Å²) >= 11 is 0. The highest BCUT2D eigenvalue weighted by molar-refractivity contribution is 5.91. The van der Waals surface area contributed by atoms with E-state index < -0.39 is 18.3 Å². The van der Waals surface area contributed by atoms with Gasteiger partial charge in [0.05, 0.1) is 24.7 Å². The Kier molecular flexibility index (Phi) is 14.8.